The van der Waals surface area contributed by atoms with Crippen LogP contribution in [0, 0.1) is 0 Å². The van der Waals surface area contributed by atoms with Gasteiger partial charge in [0.25, 0.3) is 5.91 Å². The van der Waals surface area contributed by atoms with Gasteiger partial charge in [0.05, 0.1) is 5.56 Å². The van der Waals surface area contributed by atoms with E-state index in [4.69, 9.17) is 0 Å². The molecule has 2 heterocycles. The number of alkyl halides is 3. The van der Waals surface area contributed by atoms with E-state index in [1.165, 1.54) is 25.3 Å². The van der Waals surface area contributed by atoms with Crippen molar-refractivity contribution in [1.82, 2.24) is 14.8 Å². The molecule has 0 radical (unpaired) electrons. The molecule has 2 amide bonds. The Hall–Kier alpha value is -3.10. The van der Waals surface area contributed by atoms with Gasteiger partial charge >= 0.3 is 6.18 Å². The minimum atomic E-state index is -4.39. The minimum Gasteiger partial charge on any atom is -0.355 e. The summed E-state index contributed by atoms with van der Waals surface area (Å²) in [4.78, 5) is 31.4. The van der Waals surface area contributed by atoms with E-state index in [1.807, 2.05) is 0 Å². The zero-order chi connectivity index (χ0) is 20.3. The number of pyridine rings is 1. The molecule has 1 aromatic heterocycles. The molecule has 0 aliphatic carbocycles. The van der Waals surface area contributed by atoms with Gasteiger partial charge in [-0.05, 0) is 36.4 Å². The summed E-state index contributed by atoms with van der Waals surface area (Å²) < 4.78 is 37.9. The molecular formula is C19H19F3N4O2. The van der Waals surface area contributed by atoms with Crippen molar-refractivity contribution in [1.29, 1.82) is 0 Å². The molecule has 0 spiro atoms. The van der Waals surface area contributed by atoms with Crippen molar-refractivity contribution in [2.24, 2.45) is 0 Å². The lowest BCUT2D eigenvalue weighted by atomic mass is 10.2. The Morgan fingerprint density at radius 1 is 0.964 bits per heavy atom. The lowest BCUT2D eigenvalue weighted by molar-refractivity contribution is -0.137. The molecule has 148 valence electrons. The van der Waals surface area contributed by atoms with Crippen molar-refractivity contribution < 1.29 is 22.8 Å². The third-order valence-electron chi connectivity index (χ3n) is 4.49. The zero-order valence-electron chi connectivity index (χ0n) is 15.2. The SMILES string of the molecule is CC(=O)N1CCN(C(=O)c2cc(Nc3ccc(C(F)(F)F)cc3)ccn2)CC1. The molecule has 0 bridgehead atoms. The van der Waals surface area contributed by atoms with Crippen LogP contribution in [-0.2, 0) is 11.0 Å². The molecule has 1 aliphatic rings. The van der Waals surface area contributed by atoms with E-state index in [9.17, 15) is 22.8 Å². The normalized spacial score (nSPS) is 14.7. The van der Waals surface area contributed by atoms with Gasteiger partial charge in [-0.15, -0.1) is 0 Å². The van der Waals surface area contributed by atoms with Crippen LogP contribution in [0.3, 0.4) is 0 Å². The molecule has 0 atom stereocenters. The van der Waals surface area contributed by atoms with Gasteiger partial charge in [-0.2, -0.15) is 13.2 Å². The van der Waals surface area contributed by atoms with Gasteiger partial charge in [-0.1, -0.05) is 0 Å². The molecule has 1 aromatic carbocycles. The van der Waals surface area contributed by atoms with Crippen LogP contribution in [0.2, 0.25) is 0 Å². The number of carbonyl (C=O) groups is 2. The first-order chi connectivity index (χ1) is 13.2. The third kappa shape index (κ3) is 4.59. The van der Waals surface area contributed by atoms with Gasteiger partial charge in [-0.25, -0.2) is 0 Å². The largest absolute Gasteiger partial charge is 0.416 e. The maximum atomic E-state index is 12.6. The number of piperazine rings is 1. The molecular weight excluding hydrogens is 373 g/mol. The maximum Gasteiger partial charge on any atom is 0.416 e. The standard InChI is InChI=1S/C19H19F3N4O2/c1-13(27)25-8-10-26(11-9-25)18(28)17-12-16(6-7-23-17)24-15-4-2-14(3-5-15)19(20,21)22/h2-7,12H,8-11H2,1H3,(H,23,24). The Morgan fingerprint density at radius 2 is 1.57 bits per heavy atom. The number of nitrogens with one attached hydrogen (secondary N) is 1. The predicted molar refractivity (Wildman–Crippen MR) is 97.1 cm³/mol. The fraction of sp³-hybridized carbons (Fsp3) is 0.316. The average molecular weight is 392 g/mol. The monoisotopic (exact) mass is 392 g/mol. The molecule has 1 saturated heterocycles. The third-order valence-corrected chi connectivity index (χ3v) is 4.49. The van der Waals surface area contributed by atoms with Crippen molar-refractivity contribution >= 4 is 23.2 Å². The minimum absolute atomic E-state index is 0.0204. The number of anilines is 2. The van der Waals surface area contributed by atoms with E-state index >= 15 is 0 Å². The van der Waals surface area contributed by atoms with Crippen molar-refractivity contribution in [2.75, 3.05) is 31.5 Å². The number of hydrogen-bond donors (Lipinski definition) is 1. The van der Waals surface area contributed by atoms with Crippen molar-refractivity contribution in [3.05, 3.63) is 53.9 Å². The molecule has 0 saturated carbocycles. The summed E-state index contributed by atoms with van der Waals surface area (Å²) in [6.45, 7) is 3.30. The van der Waals surface area contributed by atoms with E-state index in [0.717, 1.165) is 12.1 Å². The fourth-order valence-corrected chi connectivity index (χ4v) is 2.92. The van der Waals surface area contributed by atoms with Crippen molar-refractivity contribution in [2.45, 2.75) is 13.1 Å². The smallest absolute Gasteiger partial charge is 0.355 e. The van der Waals surface area contributed by atoms with Crippen LogP contribution in [0.1, 0.15) is 23.0 Å². The number of hydrogen-bond acceptors (Lipinski definition) is 4. The van der Waals surface area contributed by atoms with Crippen molar-refractivity contribution in [3.8, 4) is 0 Å². The average Bonchev–Trinajstić information content (AvgIpc) is 2.67. The number of amides is 2. The summed E-state index contributed by atoms with van der Waals surface area (Å²) in [7, 11) is 0. The first kappa shape index (κ1) is 19.7. The molecule has 3 rings (SSSR count). The number of halogens is 3. The Balaban J connectivity index is 1.67. The van der Waals surface area contributed by atoms with Crippen LogP contribution in [0.5, 0.6) is 0 Å². The van der Waals surface area contributed by atoms with E-state index in [2.05, 4.69) is 10.3 Å². The summed E-state index contributed by atoms with van der Waals surface area (Å²) in [5.74, 6) is -0.271. The fourth-order valence-electron chi connectivity index (χ4n) is 2.92. The highest BCUT2D eigenvalue weighted by atomic mass is 19.4. The zero-order valence-corrected chi connectivity index (χ0v) is 15.2. The molecule has 9 heteroatoms. The number of benzene rings is 1. The number of carbonyl (C=O) groups excluding carboxylic acids is 2. The summed E-state index contributed by atoms with van der Waals surface area (Å²) in [5.41, 5.74) is 0.509. The van der Waals surface area contributed by atoms with E-state index in [0.29, 0.717) is 37.6 Å². The van der Waals surface area contributed by atoms with Gasteiger partial charge in [0.15, 0.2) is 0 Å². The van der Waals surface area contributed by atoms with Gasteiger partial charge < -0.3 is 15.1 Å². The summed E-state index contributed by atoms with van der Waals surface area (Å²) in [6.07, 6.45) is -2.92. The van der Waals surface area contributed by atoms with Gasteiger partial charge in [0.2, 0.25) is 5.91 Å². The van der Waals surface area contributed by atoms with Gasteiger partial charge in [0.1, 0.15) is 5.69 Å². The second-order valence-corrected chi connectivity index (χ2v) is 6.43. The van der Waals surface area contributed by atoms with Crippen molar-refractivity contribution in [3.63, 3.8) is 0 Å². The van der Waals surface area contributed by atoms with Gasteiger partial charge in [0, 0.05) is 50.7 Å². The van der Waals surface area contributed by atoms with E-state index in [1.54, 1.807) is 21.9 Å². The first-order valence-electron chi connectivity index (χ1n) is 8.69. The number of rotatable bonds is 3. The number of nitrogens with zero attached hydrogens (tertiary/aromatic N) is 3. The van der Waals surface area contributed by atoms with Crippen LogP contribution in [0.15, 0.2) is 42.6 Å². The lowest BCUT2D eigenvalue weighted by Crippen LogP contribution is -2.50. The van der Waals surface area contributed by atoms with Crippen LogP contribution in [-0.4, -0.2) is 52.8 Å². The summed E-state index contributed by atoms with van der Waals surface area (Å²) in [6, 6.07) is 7.81. The Kier molecular flexibility index (Phi) is 5.53. The molecule has 1 N–H and O–H groups in total. The summed E-state index contributed by atoms with van der Waals surface area (Å²) >= 11 is 0. The summed E-state index contributed by atoms with van der Waals surface area (Å²) in [5, 5.41) is 2.97. The molecule has 2 aromatic rings. The van der Waals surface area contributed by atoms with E-state index in [-0.39, 0.29) is 17.5 Å². The highest BCUT2D eigenvalue weighted by molar-refractivity contribution is 5.93. The molecule has 1 fully saturated rings. The quantitative estimate of drug-likeness (QED) is 0.872. The second-order valence-electron chi connectivity index (χ2n) is 6.43. The number of aromatic nitrogens is 1. The Bertz CT molecular complexity index is 860. The van der Waals surface area contributed by atoms with E-state index < -0.39 is 11.7 Å². The van der Waals surface area contributed by atoms with Crippen LogP contribution >= 0.6 is 0 Å². The maximum absolute atomic E-state index is 12.6. The van der Waals surface area contributed by atoms with Crippen LogP contribution in [0.25, 0.3) is 0 Å². The second kappa shape index (κ2) is 7.87. The predicted octanol–water partition coefficient (Wildman–Crippen LogP) is 3.15. The topological polar surface area (TPSA) is 65.5 Å². The van der Waals surface area contributed by atoms with Crippen LogP contribution in [0.4, 0.5) is 24.5 Å². The molecule has 28 heavy (non-hydrogen) atoms. The van der Waals surface area contributed by atoms with Gasteiger partial charge in [-0.3, -0.25) is 14.6 Å². The lowest BCUT2D eigenvalue weighted by Gasteiger charge is -2.34. The highest BCUT2D eigenvalue weighted by Crippen LogP contribution is 2.30. The Morgan fingerprint density at radius 3 is 2.14 bits per heavy atom. The first-order valence-corrected chi connectivity index (χ1v) is 8.69. The molecule has 6 nitrogen and oxygen atoms in total. The Labute approximate surface area is 160 Å². The molecule has 1 aliphatic heterocycles. The van der Waals surface area contributed by atoms with Crippen LogP contribution < -0.4 is 5.32 Å². The molecule has 0 unspecified atom stereocenters. The highest BCUT2D eigenvalue weighted by Gasteiger charge is 2.30.